The molecule has 0 saturated heterocycles. The summed E-state index contributed by atoms with van der Waals surface area (Å²) in [6.45, 7) is 2.22. The van der Waals surface area contributed by atoms with E-state index in [-0.39, 0.29) is 0 Å². The number of para-hydroxylation sites is 1. The maximum Gasteiger partial charge on any atom is 0.341 e. The van der Waals surface area contributed by atoms with Gasteiger partial charge < -0.3 is 23.6 Å². The Hall–Kier alpha value is -4.37. The summed E-state index contributed by atoms with van der Waals surface area (Å²) in [7, 11) is 1.52. The predicted molar refractivity (Wildman–Crippen MR) is 138 cm³/mol. The number of carbonyl (C=O) groups is 1. The summed E-state index contributed by atoms with van der Waals surface area (Å²) in [5.74, 6) is -0.241. The molecule has 9 heteroatoms. The van der Waals surface area contributed by atoms with Gasteiger partial charge in [0.1, 0.15) is 16.6 Å². The normalized spacial score (nSPS) is 11.5. The van der Waals surface area contributed by atoms with E-state index in [2.05, 4.69) is 38.4 Å². The molecule has 0 aliphatic rings. The van der Waals surface area contributed by atoms with Crippen LogP contribution in [0.4, 0.5) is 0 Å². The van der Waals surface area contributed by atoms with Crippen molar-refractivity contribution in [1.29, 1.82) is 0 Å². The fourth-order valence-corrected chi connectivity index (χ4v) is 5.18. The van der Waals surface area contributed by atoms with Crippen molar-refractivity contribution in [1.82, 2.24) is 13.3 Å². The summed E-state index contributed by atoms with van der Waals surface area (Å²) >= 11 is 1.21. The van der Waals surface area contributed by atoms with E-state index in [0.717, 1.165) is 55.5 Å². The second kappa shape index (κ2) is 8.69. The van der Waals surface area contributed by atoms with Gasteiger partial charge in [0.15, 0.2) is 23.7 Å². The Morgan fingerprint density at radius 3 is 2.72 bits per heavy atom. The zero-order valence-electron chi connectivity index (χ0n) is 19.5. The van der Waals surface area contributed by atoms with E-state index in [1.807, 2.05) is 30.3 Å². The van der Waals surface area contributed by atoms with Gasteiger partial charge >= 0.3 is 5.97 Å². The van der Waals surface area contributed by atoms with Crippen LogP contribution in [0.5, 0.6) is 11.5 Å². The van der Waals surface area contributed by atoms with E-state index in [0.29, 0.717) is 18.0 Å². The van der Waals surface area contributed by atoms with E-state index in [9.17, 15) is 4.79 Å². The number of ether oxygens (including phenoxy) is 2. The third kappa shape index (κ3) is 3.64. The topological polar surface area (TPSA) is 99.6 Å². The van der Waals surface area contributed by atoms with Crippen LogP contribution in [0.1, 0.15) is 11.3 Å². The number of hydrogen-bond donors (Lipinski definition) is 1. The van der Waals surface area contributed by atoms with Crippen molar-refractivity contribution in [2.45, 2.75) is 13.5 Å². The van der Waals surface area contributed by atoms with E-state index < -0.39 is 12.6 Å². The standard InChI is InChI=1S/C27H21N3O5S/c1-15-25(17-8-10-22(33-2)23(12-17)34-14-24(31)32)27-26(18-5-3-4-6-21(18)35-27)30(15)13-16-7-9-19-20(11-16)29-36-28-19/h3-12H,13-14H2,1-2H3,(H,31,32). The van der Waals surface area contributed by atoms with Crippen LogP contribution in [0.15, 0.2) is 65.1 Å². The maximum absolute atomic E-state index is 11.1. The lowest BCUT2D eigenvalue weighted by atomic mass is 10.0. The number of fused-ring (bicyclic) bond motifs is 4. The fourth-order valence-electron chi connectivity index (χ4n) is 4.67. The molecule has 6 rings (SSSR count). The van der Waals surface area contributed by atoms with Gasteiger partial charge in [0.05, 0.1) is 24.4 Å². The number of nitrogens with zero attached hydrogens (tertiary/aromatic N) is 3. The maximum atomic E-state index is 11.1. The molecule has 0 bridgehead atoms. The number of carboxylic acid groups (broad SMARTS) is 1. The molecular weight excluding hydrogens is 478 g/mol. The van der Waals surface area contributed by atoms with Crippen LogP contribution in [-0.4, -0.2) is 38.1 Å². The molecule has 3 heterocycles. The van der Waals surface area contributed by atoms with Gasteiger partial charge in [-0.3, -0.25) is 0 Å². The van der Waals surface area contributed by atoms with E-state index in [1.54, 1.807) is 12.1 Å². The molecule has 0 atom stereocenters. The average Bonchev–Trinajstić information content (AvgIpc) is 3.56. The lowest BCUT2D eigenvalue weighted by Gasteiger charge is -2.12. The molecular formula is C27H21N3O5S. The molecule has 3 aromatic heterocycles. The van der Waals surface area contributed by atoms with Gasteiger partial charge in [0, 0.05) is 23.2 Å². The Morgan fingerprint density at radius 1 is 1.06 bits per heavy atom. The van der Waals surface area contributed by atoms with Gasteiger partial charge in [-0.25, -0.2) is 4.79 Å². The number of carboxylic acids is 1. The highest BCUT2D eigenvalue weighted by molar-refractivity contribution is 7.00. The average molecular weight is 500 g/mol. The van der Waals surface area contributed by atoms with Crippen molar-refractivity contribution in [2.75, 3.05) is 13.7 Å². The molecule has 0 aliphatic carbocycles. The number of furan rings is 1. The second-order valence-corrected chi connectivity index (χ2v) is 8.99. The molecule has 3 aromatic carbocycles. The first-order chi connectivity index (χ1) is 17.5. The molecule has 0 fully saturated rings. The van der Waals surface area contributed by atoms with Crippen molar-refractivity contribution in [3.63, 3.8) is 0 Å². The van der Waals surface area contributed by atoms with Gasteiger partial charge in [-0.15, -0.1) is 0 Å². The van der Waals surface area contributed by atoms with E-state index in [1.165, 1.54) is 18.8 Å². The van der Waals surface area contributed by atoms with Gasteiger partial charge in [0.25, 0.3) is 0 Å². The van der Waals surface area contributed by atoms with Crippen LogP contribution in [0.2, 0.25) is 0 Å². The number of aliphatic carboxylic acids is 1. The van der Waals surface area contributed by atoms with Gasteiger partial charge in [-0.2, -0.15) is 8.75 Å². The molecule has 8 nitrogen and oxygen atoms in total. The Kier molecular flexibility index (Phi) is 5.34. The Bertz CT molecular complexity index is 1760. The number of aromatic nitrogens is 3. The molecule has 1 N–H and O–H groups in total. The van der Waals surface area contributed by atoms with Gasteiger partial charge in [0.2, 0.25) is 0 Å². The summed E-state index contributed by atoms with van der Waals surface area (Å²) in [6, 6.07) is 19.6. The van der Waals surface area contributed by atoms with Crippen LogP contribution in [0, 0.1) is 6.92 Å². The molecule has 0 radical (unpaired) electrons. The van der Waals surface area contributed by atoms with E-state index >= 15 is 0 Å². The third-order valence-corrected chi connectivity index (χ3v) is 6.85. The Morgan fingerprint density at radius 2 is 1.89 bits per heavy atom. The highest BCUT2D eigenvalue weighted by atomic mass is 32.1. The molecule has 0 unspecified atom stereocenters. The molecule has 0 amide bonds. The van der Waals surface area contributed by atoms with Crippen LogP contribution in [-0.2, 0) is 11.3 Å². The quantitative estimate of drug-likeness (QED) is 0.292. The number of methoxy groups -OCH3 is 1. The molecule has 6 aromatic rings. The Balaban J connectivity index is 1.55. The third-order valence-electron chi connectivity index (χ3n) is 6.30. The number of hydrogen-bond acceptors (Lipinski definition) is 7. The highest BCUT2D eigenvalue weighted by Crippen LogP contribution is 2.43. The van der Waals surface area contributed by atoms with Gasteiger partial charge in [-0.1, -0.05) is 24.3 Å². The van der Waals surface area contributed by atoms with Crippen molar-refractivity contribution < 1.29 is 23.8 Å². The molecule has 0 spiro atoms. The summed E-state index contributed by atoms with van der Waals surface area (Å²) in [5.41, 5.74) is 8.21. The van der Waals surface area contributed by atoms with Crippen molar-refractivity contribution >= 4 is 50.8 Å². The highest BCUT2D eigenvalue weighted by Gasteiger charge is 2.23. The first kappa shape index (κ1) is 22.1. The molecule has 36 heavy (non-hydrogen) atoms. The van der Waals surface area contributed by atoms with Crippen molar-refractivity contribution in [2.24, 2.45) is 0 Å². The minimum atomic E-state index is -1.06. The van der Waals surface area contributed by atoms with Crippen LogP contribution >= 0.6 is 11.7 Å². The minimum Gasteiger partial charge on any atom is -0.493 e. The largest absolute Gasteiger partial charge is 0.493 e. The predicted octanol–water partition coefficient (Wildman–Crippen LogP) is 5.89. The Labute approximate surface area is 209 Å². The van der Waals surface area contributed by atoms with E-state index in [4.69, 9.17) is 19.0 Å². The van der Waals surface area contributed by atoms with Crippen LogP contribution in [0.25, 0.3) is 44.2 Å². The zero-order chi connectivity index (χ0) is 24.8. The van der Waals surface area contributed by atoms with Crippen molar-refractivity contribution in [3.8, 4) is 22.6 Å². The zero-order valence-corrected chi connectivity index (χ0v) is 20.3. The first-order valence-electron chi connectivity index (χ1n) is 11.3. The summed E-state index contributed by atoms with van der Waals surface area (Å²) in [4.78, 5) is 11.1. The first-order valence-corrected chi connectivity index (χ1v) is 12.0. The molecule has 0 aliphatic heterocycles. The van der Waals surface area contributed by atoms with Gasteiger partial charge in [-0.05, 0) is 54.4 Å². The molecule has 180 valence electrons. The fraction of sp³-hybridized carbons (Fsp3) is 0.148. The van der Waals surface area contributed by atoms with Crippen LogP contribution < -0.4 is 9.47 Å². The minimum absolute atomic E-state index is 0.357. The molecule has 0 saturated carbocycles. The SMILES string of the molecule is COc1ccc(-c2c(C)n(Cc3ccc4nsnc4c3)c3c2oc2ccccc23)cc1OCC(=O)O. The van der Waals surface area contributed by atoms with Crippen LogP contribution in [0.3, 0.4) is 0 Å². The van der Waals surface area contributed by atoms with Crippen molar-refractivity contribution in [3.05, 3.63) is 71.9 Å². The smallest absolute Gasteiger partial charge is 0.341 e. The summed E-state index contributed by atoms with van der Waals surface area (Å²) < 4.78 is 28.2. The lowest BCUT2D eigenvalue weighted by molar-refractivity contribution is -0.139. The second-order valence-electron chi connectivity index (χ2n) is 8.46. The number of rotatable bonds is 7. The number of benzene rings is 3. The lowest BCUT2D eigenvalue weighted by Crippen LogP contribution is -2.10. The monoisotopic (exact) mass is 499 g/mol. The summed E-state index contributed by atoms with van der Waals surface area (Å²) in [6.07, 6.45) is 0. The summed E-state index contributed by atoms with van der Waals surface area (Å²) in [5, 5.41) is 10.1.